The summed E-state index contributed by atoms with van der Waals surface area (Å²) in [5, 5.41) is 0. The number of carbonyl (C=O) groups is 1. The van der Waals surface area contributed by atoms with Gasteiger partial charge in [-0.05, 0) is 13.8 Å². The smallest absolute Gasteiger partial charge is 0.305 e. The van der Waals surface area contributed by atoms with Crippen molar-refractivity contribution in [1.29, 1.82) is 0 Å². The number of alkyl halides is 1. The molecule has 0 saturated carbocycles. The summed E-state index contributed by atoms with van der Waals surface area (Å²) in [6, 6.07) is 0. The fraction of sp³-hybridized carbons (Fsp3) is 0.857. The van der Waals surface area contributed by atoms with Crippen molar-refractivity contribution in [3.63, 3.8) is 0 Å². The van der Waals surface area contributed by atoms with Crippen LogP contribution in [0.25, 0.3) is 0 Å². The molecule has 0 radical (unpaired) electrons. The molecule has 0 rings (SSSR count). The van der Waals surface area contributed by atoms with E-state index < -0.39 is 0 Å². The molecule has 0 aliphatic carbocycles. The number of hydrogen-bond donors (Lipinski definition) is 0. The third kappa shape index (κ3) is 10.7. The van der Waals surface area contributed by atoms with Gasteiger partial charge in [0.2, 0.25) is 0 Å². The van der Waals surface area contributed by atoms with Gasteiger partial charge in [0.25, 0.3) is 0 Å². The lowest BCUT2D eigenvalue weighted by Crippen LogP contribution is -2.09. The van der Waals surface area contributed by atoms with Crippen molar-refractivity contribution in [2.75, 3.05) is 6.38 Å². The van der Waals surface area contributed by atoms with Gasteiger partial charge in [-0.3, -0.25) is 4.79 Å². The molecule has 2 nitrogen and oxygen atoms in total. The number of halogens is 1. The van der Waals surface area contributed by atoms with E-state index >= 15 is 0 Å². The molecule has 3 heteroatoms. The van der Waals surface area contributed by atoms with E-state index in [0.29, 0.717) is 6.42 Å². The van der Waals surface area contributed by atoms with Gasteiger partial charge >= 0.3 is 5.97 Å². The minimum absolute atomic E-state index is 0.0300. The van der Waals surface area contributed by atoms with Crippen LogP contribution >= 0.6 is 11.6 Å². The molecule has 0 aliphatic heterocycles. The normalized spacial score (nSPS) is 8.20. The Hall–Kier alpha value is -0.240. The zero-order valence-electron chi connectivity index (χ0n) is 6.98. The topological polar surface area (TPSA) is 26.3 Å². The highest BCUT2D eigenvalue weighted by molar-refractivity contribution is 6.15. The number of carbonyl (C=O) groups excluding carboxylic acids is 1. The SMILES string of the molecule is CCC(=O)OC(C)C.CCl. The second-order valence-electron chi connectivity index (χ2n) is 1.89. The first-order valence-electron chi connectivity index (χ1n) is 3.24. The monoisotopic (exact) mass is 166 g/mol. The second kappa shape index (κ2) is 8.76. The Morgan fingerprint density at radius 2 is 1.90 bits per heavy atom. The van der Waals surface area contributed by atoms with Gasteiger partial charge in [-0.15, -0.1) is 11.6 Å². The quantitative estimate of drug-likeness (QED) is 0.465. The molecule has 0 aromatic heterocycles. The van der Waals surface area contributed by atoms with Crippen LogP contribution in [0, 0.1) is 0 Å². The highest BCUT2D eigenvalue weighted by Gasteiger charge is 1.98. The third-order valence-corrected chi connectivity index (χ3v) is 0.656. The Balaban J connectivity index is 0. The molecule has 0 atom stereocenters. The van der Waals surface area contributed by atoms with Gasteiger partial charge in [-0.1, -0.05) is 6.92 Å². The number of ether oxygens (including phenoxy) is 1. The Morgan fingerprint density at radius 1 is 1.50 bits per heavy atom. The molecule has 0 fully saturated rings. The van der Waals surface area contributed by atoms with E-state index in [2.05, 4.69) is 11.6 Å². The largest absolute Gasteiger partial charge is 0.463 e. The molecule has 0 amide bonds. The molecule has 0 N–H and O–H groups in total. The lowest BCUT2D eigenvalue weighted by atomic mass is 10.4. The molecule has 0 aromatic rings. The van der Waals surface area contributed by atoms with Crippen LogP contribution in [0.1, 0.15) is 27.2 Å². The average Bonchev–Trinajstić information content (AvgIpc) is 1.91. The lowest BCUT2D eigenvalue weighted by molar-refractivity contribution is -0.146. The van der Waals surface area contributed by atoms with Crippen LogP contribution in [0.15, 0.2) is 0 Å². The summed E-state index contributed by atoms with van der Waals surface area (Å²) >= 11 is 4.64. The van der Waals surface area contributed by atoms with Crippen LogP contribution in [-0.4, -0.2) is 18.5 Å². The van der Waals surface area contributed by atoms with E-state index in [-0.39, 0.29) is 12.1 Å². The van der Waals surface area contributed by atoms with Crippen molar-refractivity contribution in [2.45, 2.75) is 33.3 Å². The minimum Gasteiger partial charge on any atom is -0.463 e. The standard InChI is InChI=1S/C6H12O2.CH3Cl/c1-4-6(7)8-5(2)3;1-2/h5H,4H2,1-3H3;1H3. The van der Waals surface area contributed by atoms with Gasteiger partial charge in [-0.2, -0.15) is 0 Å². The van der Waals surface area contributed by atoms with Crippen LogP contribution in [0.5, 0.6) is 0 Å². The molecule has 0 unspecified atom stereocenters. The van der Waals surface area contributed by atoms with Crippen LogP contribution in [0.2, 0.25) is 0 Å². The van der Waals surface area contributed by atoms with E-state index in [1.54, 1.807) is 6.92 Å². The summed E-state index contributed by atoms with van der Waals surface area (Å²) in [5.41, 5.74) is 0. The molecule has 0 bridgehead atoms. The van der Waals surface area contributed by atoms with Gasteiger partial charge in [0, 0.05) is 12.8 Å². The minimum atomic E-state index is -0.125. The van der Waals surface area contributed by atoms with Crippen molar-refractivity contribution in [3.8, 4) is 0 Å². The zero-order valence-corrected chi connectivity index (χ0v) is 7.73. The Morgan fingerprint density at radius 3 is 2.00 bits per heavy atom. The van der Waals surface area contributed by atoms with Gasteiger partial charge in [0.15, 0.2) is 0 Å². The summed E-state index contributed by atoms with van der Waals surface area (Å²) in [7, 11) is 0. The van der Waals surface area contributed by atoms with E-state index in [1.165, 1.54) is 6.38 Å². The van der Waals surface area contributed by atoms with Crippen molar-refractivity contribution >= 4 is 17.6 Å². The van der Waals surface area contributed by atoms with E-state index in [1.807, 2.05) is 13.8 Å². The summed E-state index contributed by atoms with van der Waals surface area (Å²) in [5.74, 6) is -0.125. The molecule has 0 spiro atoms. The number of hydrogen-bond acceptors (Lipinski definition) is 2. The maximum Gasteiger partial charge on any atom is 0.305 e. The molecular formula is C7H15ClO2. The summed E-state index contributed by atoms with van der Waals surface area (Å²) < 4.78 is 4.76. The van der Waals surface area contributed by atoms with Gasteiger partial charge in [0.1, 0.15) is 0 Å². The van der Waals surface area contributed by atoms with Crippen LogP contribution < -0.4 is 0 Å². The predicted molar refractivity (Wildman–Crippen MR) is 43.3 cm³/mol. The van der Waals surface area contributed by atoms with E-state index in [0.717, 1.165) is 0 Å². The highest BCUT2D eigenvalue weighted by Crippen LogP contribution is 1.90. The second-order valence-corrected chi connectivity index (χ2v) is 1.89. The van der Waals surface area contributed by atoms with Crippen molar-refractivity contribution in [1.82, 2.24) is 0 Å². The predicted octanol–water partition coefficient (Wildman–Crippen LogP) is 2.20. The molecule has 0 heterocycles. The fourth-order valence-electron chi connectivity index (χ4n) is 0.346. The molecule has 62 valence electrons. The van der Waals surface area contributed by atoms with E-state index in [9.17, 15) is 4.79 Å². The van der Waals surface area contributed by atoms with Gasteiger partial charge in [0.05, 0.1) is 6.10 Å². The number of esters is 1. The molecule has 10 heavy (non-hydrogen) atoms. The molecule has 0 aromatic carbocycles. The first kappa shape index (κ1) is 12.4. The van der Waals surface area contributed by atoms with Crippen molar-refractivity contribution < 1.29 is 9.53 Å². The summed E-state index contributed by atoms with van der Waals surface area (Å²) in [4.78, 5) is 10.4. The first-order valence-corrected chi connectivity index (χ1v) is 3.99. The van der Waals surface area contributed by atoms with Crippen LogP contribution in [-0.2, 0) is 9.53 Å². The highest BCUT2D eigenvalue weighted by atomic mass is 35.5. The van der Waals surface area contributed by atoms with Crippen LogP contribution in [0.3, 0.4) is 0 Å². The summed E-state index contributed by atoms with van der Waals surface area (Å²) in [6.07, 6.45) is 1.97. The van der Waals surface area contributed by atoms with Gasteiger partial charge in [-0.25, -0.2) is 0 Å². The fourth-order valence-corrected chi connectivity index (χ4v) is 0.346. The summed E-state index contributed by atoms with van der Waals surface area (Å²) in [6.45, 7) is 5.46. The van der Waals surface area contributed by atoms with Crippen LogP contribution in [0.4, 0.5) is 0 Å². The Kier molecular flexibility index (Phi) is 10.9. The Labute approximate surface area is 67.5 Å². The molecule has 0 aliphatic rings. The first-order chi connectivity index (χ1) is 4.66. The zero-order chi connectivity index (χ0) is 8.57. The van der Waals surface area contributed by atoms with Crippen molar-refractivity contribution in [3.05, 3.63) is 0 Å². The van der Waals surface area contributed by atoms with E-state index in [4.69, 9.17) is 4.74 Å². The Bertz CT molecular complexity index is 81.7. The maximum absolute atomic E-state index is 10.4. The van der Waals surface area contributed by atoms with Gasteiger partial charge < -0.3 is 4.74 Å². The lowest BCUT2D eigenvalue weighted by Gasteiger charge is -2.04. The van der Waals surface area contributed by atoms with Crippen molar-refractivity contribution in [2.24, 2.45) is 0 Å². The maximum atomic E-state index is 10.4. The average molecular weight is 167 g/mol. The molecule has 0 saturated heterocycles. The number of rotatable bonds is 2. The third-order valence-electron chi connectivity index (χ3n) is 0.656. The molecular weight excluding hydrogens is 152 g/mol.